The lowest BCUT2D eigenvalue weighted by Gasteiger charge is -2.24. The summed E-state index contributed by atoms with van der Waals surface area (Å²) >= 11 is 0. The van der Waals surface area contributed by atoms with E-state index in [1.807, 2.05) is 0 Å². The monoisotopic (exact) mass is 296 g/mol. The number of rotatable bonds is 3. The predicted molar refractivity (Wildman–Crippen MR) is 95.9 cm³/mol. The van der Waals surface area contributed by atoms with E-state index in [1.165, 1.54) is 47.2 Å². The Hall–Kier alpha value is -1.57. The van der Waals surface area contributed by atoms with E-state index in [2.05, 4.69) is 51.2 Å². The maximum absolute atomic E-state index is 5.02. The average molecular weight is 296 g/mol. The molecule has 0 amide bonds. The van der Waals surface area contributed by atoms with Crippen LogP contribution in [0.5, 0.6) is 0 Å². The lowest BCUT2D eigenvalue weighted by Crippen LogP contribution is -2.14. The van der Waals surface area contributed by atoms with Crippen molar-refractivity contribution in [2.75, 3.05) is 11.9 Å². The van der Waals surface area contributed by atoms with Gasteiger partial charge in [-0.15, -0.1) is 0 Å². The van der Waals surface area contributed by atoms with Gasteiger partial charge in [0, 0.05) is 23.3 Å². The van der Waals surface area contributed by atoms with Gasteiger partial charge >= 0.3 is 0 Å². The van der Waals surface area contributed by atoms with Crippen LogP contribution in [-0.2, 0) is 18.3 Å². The van der Waals surface area contributed by atoms with Crippen molar-refractivity contribution in [2.24, 2.45) is 0 Å². The first-order chi connectivity index (χ1) is 10.5. The summed E-state index contributed by atoms with van der Waals surface area (Å²) in [4.78, 5) is 5.02. The molecular formula is C20H28N2. The van der Waals surface area contributed by atoms with Crippen molar-refractivity contribution < 1.29 is 0 Å². The molecule has 0 spiro atoms. The van der Waals surface area contributed by atoms with Crippen LogP contribution in [-0.4, -0.2) is 11.5 Å². The summed E-state index contributed by atoms with van der Waals surface area (Å²) < 4.78 is 0. The Morgan fingerprint density at radius 3 is 2.64 bits per heavy atom. The second-order valence-corrected chi connectivity index (χ2v) is 7.53. The standard InChI is InChI=1S/C20H28N2/c1-5-12-21-19-15-8-6-7-9-17(15)22-18-13-14(20(2,3)4)10-11-16(18)19/h10-11,13H,5-9,12H2,1-4H3,(H,21,22). The zero-order chi connectivity index (χ0) is 15.7. The molecule has 0 bridgehead atoms. The Balaban J connectivity index is 2.19. The van der Waals surface area contributed by atoms with Gasteiger partial charge in [-0.25, -0.2) is 0 Å². The predicted octanol–water partition coefficient (Wildman–Crippen LogP) is 5.23. The number of nitrogens with one attached hydrogen (secondary N) is 1. The molecule has 0 atom stereocenters. The summed E-state index contributed by atoms with van der Waals surface area (Å²) in [6.07, 6.45) is 6.02. The molecule has 2 aromatic rings. The molecule has 1 aromatic heterocycles. The molecule has 0 radical (unpaired) electrons. The SMILES string of the molecule is CCCNc1c2c(nc3cc(C(C)(C)C)ccc13)CCCC2. The summed E-state index contributed by atoms with van der Waals surface area (Å²) in [6.45, 7) is 10.1. The maximum Gasteiger partial charge on any atom is 0.0729 e. The van der Waals surface area contributed by atoms with Gasteiger partial charge in [-0.05, 0) is 54.7 Å². The van der Waals surface area contributed by atoms with Gasteiger partial charge in [0.25, 0.3) is 0 Å². The van der Waals surface area contributed by atoms with Crippen molar-refractivity contribution in [2.45, 2.75) is 65.2 Å². The van der Waals surface area contributed by atoms with E-state index < -0.39 is 0 Å². The summed E-state index contributed by atoms with van der Waals surface area (Å²) in [6, 6.07) is 6.84. The molecule has 2 heteroatoms. The summed E-state index contributed by atoms with van der Waals surface area (Å²) in [5, 5.41) is 4.98. The van der Waals surface area contributed by atoms with E-state index in [-0.39, 0.29) is 5.41 Å². The van der Waals surface area contributed by atoms with E-state index >= 15 is 0 Å². The molecule has 0 saturated carbocycles. The Morgan fingerprint density at radius 1 is 1.14 bits per heavy atom. The smallest absolute Gasteiger partial charge is 0.0729 e. The number of benzene rings is 1. The van der Waals surface area contributed by atoms with Gasteiger partial charge in [-0.2, -0.15) is 0 Å². The topological polar surface area (TPSA) is 24.9 Å². The molecule has 22 heavy (non-hydrogen) atoms. The number of nitrogens with zero attached hydrogens (tertiary/aromatic N) is 1. The Kier molecular flexibility index (Phi) is 4.12. The number of pyridine rings is 1. The number of aromatic nitrogens is 1. The first kappa shape index (κ1) is 15.3. The van der Waals surface area contributed by atoms with Crippen LogP contribution in [0.15, 0.2) is 18.2 Å². The van der Waals surface area contributed by atoms with Crippen molar-refractivity contribution in [1.29, 1.82) is 0 Å². The quantitative estimate of drug-likeness (QED) is 0.838. The minimum absolute atomic E-state index is 0.169. The van der Waals surface area contributed by atoms with Gasteiger partial charge in [0.2, 0.25) is 0 Å². The number of hydrogen-bond donors (Lipinski definition) is 1. The lowest BCUT2D eigenvalue weighted by molar-refractivity contribution is 0.591. The minimum atomic E-state index is 0.169. The largest absolute Gasteiger partial charge is 0.384 e. The molecule has 1 heterocycles. The highest BCUT2D eigenvalue weighted by Crippen LogP contribution is 2.35. The van der Waals surface area contributed by atoms with E-state index in [4.69, 9.17) is 4.98 Å². The van der Waals surface area contributed by atoms with Crippen LogP contribution in [0.2, 0.25) is 0 Å². The Morgan fingerprint density at radius 2 is 1.91 bits per heavy atom. The maximum atomic E-state index is 5.02. The highest BCUT2D eigenvalue weighted by molar-refractivity contribution is 5.94. The normalized spacial score (nSPS) is 14.9. The Labute approximate surface area is 134 Å². The summed E-state index contributed by atoms with van der Waals surface area (Å²) in [5.41, 5.74) is 6.83. The number of hydrogen-bond acceptors (Lipinski definition) is 2. The third-order valence-electron chi connectivity index (χ3n) is 4.68. The van der Waals surface area contributed by atoms with Crippen LogP contribution in [0.1, 0.15) is 63.8 Å². The van der Waals surface area contributed by atoms with Crippen molar-refractivity contribution in [3.05, 3.63) is 35.0 Å². The second kappa shape index (κ2) is 5.91. The highest BCUT2D eigenvalue weighted by atomic mass is 14.9. The third kappa shape index (κ3) is 2.84. The van der Waals surface area contributed by atoms with E-state index in [1.54, 1.807) is 0 Å². The average Bonchev–Trinajstić information content (AvgIpc) is 2.50. The van der Waals surface area contributed by atoms with Crippen molar-refractivity contribution >= 4 is 16.6 Å². The van der Waals surface area contributed by atoms with Crippen LogP contribution in [0.4, 0.5) is 5.69 Å². The first-order valence-electron chi connectivity index (χ1n) is 8.70. The van der Waals surface area contributed by atoms with Crippen molar-refractivity contribution in [3.63, 3.8) is 0 Å². The summed E-state index contributed by atoms with van der Waals surface area (Å²) in [7, 11) is 0. The molecule has 1 aromatic carbocycles. The fraction of sp³-hybridized carbons (Fsp3) is 0.550. The molecule has 1 N–H and O–H groups in total. The zero-order valence-corrected chi connectivity index (χ0v) is 14.4. The zero-order valence-electron chi connectivity index (χ0n) is 14.4. The molecule has 1 aliphatic carbocycles. The number of anilines is 1. The lowest BCUT2D eigenvalue weighted by atomic mass is 9.85. The van der Waals surface area contributed by atoms with E-state index in [0.717, 1.165) is 24.9 Å². The fourth-order valence-corrected chi connectivity index (χ4v) is 3.34. The summed E-state index contributed by atoms with van der Waals surface area (Å²) in [5.74, 6) is 0. The molecule has 1 aliphatic rings. The van der Waals surface area contributed by atoms with Gasteiger partial charge in [-0.1, -0.05) is 39.8 Å². The number of aryl methyl sites for hydroxylation is 1. The van der Waals surface area contributed by atoms with Gasteiger partial charge in [0.05, 0.1) is 5.52 Å². The van der Waals surface area contributed by atoms with Gasteiger partial charge in [0.1, 0.15) is 0 Å². The molecule has 0 fully saturated rings. The first-order valence-corrected chi connectivity index (χ1v) is 8.70. The minimum Gasteiger partial charge on any atom is -0.384 e. The molecule has 118 valence electrons. The van der Waals surface area contributed by atoms with E-state index in [9.17, 15) is 0 Å². The molecule has 3 rings (SSSR count). The fourth-order valence-electron chi connectivity index (χ4n) is 3.34. The van der Waals surface area contributed by atoms with Crippen LogP contribution >= 0.6 is 0 Å². The molecule has 0 unspecified atom stereocenters. The van der Waals surface area contributed by atoms with Gasteiger partial charge in [0.15, 0.2) is 0 Å². The molecule has 0 aliphatic heterocycles. The third-order valence-corrected chi connectivity index (χ3v) is 4.68. The molecule has 0 saturated heterocycles. The Bertz CT molecular complexity index is 680. The second-order valence-electron chi connectivity index (χ2n) is 7.53. The van der Waals surface area contributed by atoms with Gasteiger partial charge in [-0.3, -0.25) is 4.98 Å². The molecule has 2 nitrogen and oxygen atoms in total. The van der Waals surface area contributed by atoms with Crippen LogP contribution in [0, 0.1) is 0 Å². The van der Waals surface area contributed by atoms with Crippen molar-refractivity contribution in [3.8, 4) is 0 Å². The molecular weight excluding hydrogens is 268 g/mol. The van der Waals surface area contributed by atoms with E-state index in [0.29, 0.717) is 0 Å². The van der Waals surface area contributed by atoms with Crippen molar-refractivity contribution in [1.82, 2.24) is 4.98 Å². The van der Waals surface area contributed by atoms with Crippen LogP contribution in [0.3, 0.4) is 0 Å². The van der Waals surface area contributed by atoms with Crippen LogP contribution < -0.4 is 5.32 Å². The van der Waals surface area contributed by atoms with Crippen LogP contribution in [0.25, 0.3) is 10.9 Å². The highest BCUT2D eigenvalue weighted by Gasteiger charge is 2.20. The number of fused-ring (bicyclic) bond motifs is 2. The van der Waals surface area contributed by atoms with Gasteiger partial charge < -0.3 is 5.32 Å².